The average molecular weight is 263 g/mol. The van der Waals surface area contributed by atoms with Crippen LogP contribution in [0.2, 0.25) is 0 Å². The lowest BCUT2D eigenvalue weighted by Crippen LogP contribution is -2.36. The van der Waals surface area contributed by atoms with Crippen molar-refractivity contribution in [2.24, 2.45) is 17.7 Å². The van der Waals surface area contributed by atoms with Gasteiger partial charge in [0.2, 0.25) is 5.88 Å². The van der Waals surface area contributed by atoms with Crippen LogP contribution >= 0.6 is 0 Å². The molecule has 3 unspecified atom stereocenters. The van der Waals surface area contributed by atoms with E-state index < -0.39 is 0 Å². The van der Waals surface area contributed by atoms with Crippen LogP contribution in [-0.2, 0) is 0 Å². The highest BCUT2D eigenvalue weighted by Crippen LogP contribution is 2.39. The minimum absolute atomic E-state index is 0.137. The predicted molar refractivity (Wildman–Crippen MR) is 76.6 cm³/mol. The Kier molecular flexibility index (Phi) is 5.16. The zero-order chi connectivity index (χ0) is 13.7. The molecule has 0 spiro atoms. The van der Waals surface area contributed by atoms with Gasteiger partial charge in [-0.25, -0.2) is 4.98 Å². The number of hydrogen-bond acceptors (Lipinski definition) is 4. The topological polar surface area (TPSA) is 60.2 Å². The molecule has 4 nitrogen and oxygen atoms in total. The molecular weight excluding hydrogens is 238 g/mol. The Hall–Kier alpha value is -1.13. The standard InChI is InChI=1S/C15H25N3O/c1-3-11-6-4-7-12(10-11)14(18-16)13-8-5-9-17-15(13)19-2/h5,8-9,11-12,14,18H,3-4,6-7,10,16H2,1-2H3. The van der Waals surface area contributed by atoms with Crippen molar-refractivity contribution in [2.75, 3.05) is 7.11 Å². The van der Waals surface area contributed by atoms with E-state index in [0.29, 0.717) is 11.8 Å². The summed E-state index contributed by atoms with van der Waals surface area (Å²) in [5.41, 5.74) is 4.07. The summed E-state index contributed by atoms with van der Waals surface area (Å²) >= 11 is 0. The molecule has 1 saturated carbocycles. The minimum Gasteiger partial charge on any atom is -0.481 e. The molecule has 2 rings (SSSR count). The van der Waals surface area contributed by atoms with Crippen LogP contribution < -0.4 is 16.0 Å². The smallest absolute Gasteiger partial charge is 0.217 e. The van der Waals surface area contributed by atoms with Gasteiger partial charge in [0.25, 0.3) is 0 Å². The first-order valence-electron chi connectivity index (χ1n) is 7.25. The van der Waals surface area contributed by atoms with Crippen molar-refractivity contribution in [1.29, 1.82) is 0 Å². The fourth-order valence-electron chi connectivity index (χ4n) is 3.30. The molecule has 0 amide bonds. The molecule has 0 saturated heterocycles. The normalized spacial score (nSPS) is 25.0. The summed E-state index contributed by atoms with van der Waals surface area (Å²) in [6.45, 7) is 2.28. The van der Waals surface area contributed by atoms with Crippen LogP contribution in [-0.4, -0.2) is 12.1 Å². The van der Waals surface area contributed by atoms with Gasteiger partial charge in [-0.1, -0.05) is 32.3 Å². The summed E-state index contributed by atoms with van der Waals surface area (Å²) in [5, 5.41) is 0. The Bertz CT molecular complexity index is 397. The lowest BCUT2D eigenvalue weighted by atomic mass is 9.75. The SMILES string of the molecule is CCC1CCCC(C(NN)c2cccnc2OC)C1. The third kappa shape index (κ3) is 3.25. The van der Waals surface area contributed by atoms with Crippen LogP contribution in [0.4, 0.5) is 0 Å². The molecule has 0 aromatic carbocycles. The summed E-state index contributed by atoms with van der Waals surface area (Å²) in [4.78, 5) is 4.28. The van der Waals surface area contributed by atoms with E-state index in [9.17, 15) is 0 Å². The number of aromatic nitrogens is 1. The molecule has 106 valence electrons. The Morgan fingerprint density at radius 3 is 3.05 bits per heavy atom. The summed E-state index contributed by atoms with van der Waals surface area (Å²) in [6, 6.07) is 4.15. The maximum absolute atomic E-state index is 5.81. The predicted octanol–water partition coefficient (Wildman–Crippen LogP) is 2.81. The van der Waals surface area contributed by atoms with Gasteiger partial charge in [0.15, 0.2) is 0 Å². The van der Waals surface area contributed by atoms with Crippen molar-refractivity contribution in [1.82, 2.24) is 10.4 Å². The molecule has 1 aliphatic rings. The molecular formula is C15H25N3O. The molecule has 1 aromatic rings. The Balaban J connectivity index is 2.19. The molecule has 4 heteroatoms. The zero-order valence-electron chi connectivity index (χ0n) is 11.9. The first-order chi connectivity index (χ1) is 9.30. The van der Waals surface area contributed by atoms with Gasteiger partial charge < -0.3 is 4.74 Å². The van der Waals surface area contributed by atoms with Gasteiger partial charge in [-0.2, -0.15) is 0 Å². The van der Waals surface area contributed by atoms with Gasteiger partial charge in [-0.3, -0.25) is 11.3 Å². The van der Waals surface area contributed by atoms with E-state index in [2.05, 4.69) is 23.4 Å². The maximum Gasteiger partial charge on any atom is 0.217 e. The maximum atomic E-state index is 5.81. The monoisotopic (exact) mass is 263 g/mol. The van der Waals surface area contributed by atoms with Gasteiger partial charge in [0.05, 0.1) is 13.2 Å². The molecule has 3 atom stereocenters. The van der Waals surface area contributed by atoms with Crippen molar-refractivity contribution in [3.8, 4) is 5.88 Å². The largest absolute Gasteiger partial charge is 0.481 e. The molecule has 0 bridgehead atoms. The van der Waals surface area contributed by atoms with E-state index in [-0.39, 0.29) is 6.04 Å². The van der Waals surface area contributed by atoms with E-state index >= 15 is 0 Å². The number of nitrogens with one attached hydrogen (secondary N) is 1. The van der Waals surface area contributed by atoms with E-state index in [1.807, 2.05) is 6.07 Å². The second-order valence-corrected chi connectivity index (χ2v) is 5.45. The van der Waals surface area contributed by atoms with Gasteiger partial charge >= 0.3 is 0 Å². The summed E-state index contributed by atoms with van der Waals surface area (Å²) in [7, 11) is 1.66. The second-order valence-electron chi connectivity index (χ2n) is 5.45. The number of ether oxygens (including phenoxy) is 1. The zero-order valence-corrected chi connectivity index (χ0v) is 11.9. The van der Waals surface area contributed by atoms with Crippen molar-refractivity contribution in [2.45, 2.75) is 45.1 Å². The van der Waals surface area contributed by atoms with Crippen molar-refractivity contribution in [3.63, 3.8) is 0 Å². The number of nitrogens with two attached hydrogens (primary N) is 1. The van der Waals surface area contributed by atoms with Crippen LogP contribution in [0.25, 0.3) is 0 Å². The van der Waals surface area contributed by atoms with Gasteiger partial charge in [0.1, 0.15) is 0 Å². The number of nitrogens with zero attached hydrogens (tertiary/aromatic N) is 1. The number of hydrogen-bond donors (Lipinski definition) is 2. The van der Waals surface area contributed by atoms with Gasteiger partial charge in [-0.15, -0.1) is 0 Å². The van der Waals surface area contributed by atoms with E-state index in [4.69, 9.17) is 10.6 Å². The van der Waals surface area contributed by atoms with Crippen LogP contribution in [0.15, 0.2) is 18.3 Å². The fraction of sp³-hybridized carbons (Fsp3) is 0.667. The quantitative estimate of drug-likeness (QED) is 0.633. The van der Waals surface area contributed by atoms with Gasteiger partial charge in [-0.05, 0) is 30.7 Å². The Morgan fingerprint density at radius 1 is 1.53 bits per heavy atom. The second kappa shape index (κ2) is 6.87. The van der Waals surface area contributed by atoms with Crippen LogP contribution in [0.1, 0.15) is 50.6 Å². The third-order valence-corrected chi connectivity index (χ3v) is 4.38. The molecule has 1 heterocycles. The number of methoxy groups -OCH3 is 1. The highest BCUT2D eigenvalue weighted by molar-refractivity contribution is 5.29. The lowest BCUT2D eigenvalue weighted by Gasteiger charge is -2.34. The van der Waals surface area contributed by atoms with Crippen molar-refractivity contribution < 1.29 is 4.74 Å². The molecule has 3 N–H and O–H groups in total. The lowest BCUT2D eigenvalue weighted by molar-refractivity contribution is 0.206. The summed E-state index contributed by atoms with van der Waals surface area (Å²) in [6.07, 6.45) is 8.13. The molecule has 0 aliphatic heterocycles. The third-order valence-electron chi connectivity index (χ3n) is 4.38. The summed E-state index contributed by atoms with van der Waals surface area (Å²) in [5.74, 6) is 7.90. The highest BCUT2D eigenvalue weighted by atomic mass is 16.5. The first-order valence-corrected chi connectivity index (χ1v) is 7.25. The van der Waals surface area contributed by atoms with E-state index in [1.54, 1.807) is 13.3 Å². The summed E-state index contributed by atoms with van der Waals surface area (Å²) < 4.78 is 5.37. The van der Waals surface area contributed by atoms with E-state index in [0.717, 1.165) is 11.5 Å². The van der Waals surface area contributed by atoms with E-state index in [1.165, 1.54) is 32.1 Å². The van der Waals surface area contributed by atoms with Crippen molar-refractivity contribution >= 4 is 0 Å². The van der Waals surface area contributed by atoms with Crippen LogP contribution in [0.3, 0.4) is 0 Å². The molecule has 0 radical (unpaired) electrons. The van der Waals surface area contributed by atoms with Crippen LogP contribution in [0.5, 0.6) is 5.88 Å². The number of rotatable bonds is 5. The molecule has 1 aliphatic carbocycles. The average Bonchev–Trinajstić information content (AvgIpc) is 2.49. The Labute approximate surface area is 115 Å². The first kappa shape index (κ1) is 14.3. The molecule has 1 aromatic heterocycles. The van der Waals surface area contributed by atoms with Gasteiger partial charge in [0, 0.05) is 11.8 Å². The number of pyridine rings is 1. The fourth-order valence-corrected chi connectivity index (χ4v) is 3.30. The Morgan fingerprint density at radius 2 is 2.37 bits per heavy atom. The van der Waals surface area contributed by atoms with Crippen molar-refractivity contribution in [3.05, 3.63) is 23.9 Å². The highest BCUT2D eigenvalue weighted by Gasteiger charge is 2.30. The number of hydrazine groups is 1. The van der Waals surface area contributed by atoms with Crippen LogP contribution in [0, 0.1) is 11.8 Å². The molecule has 19 heavy (non-hydrogen) atoms. The molecule has 1 fully saturated rings. The minimum atomic E-state index is 0.137.